The van der Waals surface area contributed by atoms with Crippen LogP contribution in [0.2, 0.25) is 0 Å². The van der Waals surface area contributed by atoms with E-state index in [0.29, 0.717) is 23.4 Å². The summed E-state index contributed by atoms with van der Waals surface area (Å²) in [6.07, 6.45) is 1.83. The third kappa shape index (κ3) is 11.2. The molecule has 6 nitrogen and oxygen atoms in total. The van der Waals surface area contributed by atoms with Gasteiger partial charge in [0.25, 0.3) is 5.91 Å². The van der Waals surface area contributed by atoms with Gasteiger partial charge >= 0.3 is 0 Å². The Morgan fingerprint density at radius 2 is 1.22 bits per heavy atom. The Morgan fingerprint density at radius 1 is 0.730 bits per heavy atom. The number of carbonyl (C=O) groups excluding carboxylic acids is 1. The summed E-state index contributed by atoms with van der Waals surface area (Å²) in [5, 5.41) is 0. The van der Waals surface area contributed by atoms with E-state index in [1.54, 1.807) is 48.5 Å². The van der Waals surface area contributed by atoms with Gasteiger partial charge in [-0.05, 0) is 55.2 Å². The Hall–Kier alpha value is -3.78. The predicted octanol–water partition coefficient (Wildman–Crippen LogP) is 5.06. The molecule has 1 amide bonds. The number of nitrogen functional groups attached to an aromatic ring is 1. The molecule has 0 aliphatic carbocycles. The summed E-state index contributed by atoms with van der Waals surface area (Å²) in [4.78, 5) is 11.1. The Kier molecular flexibility index (Phi) is 12.8. The fraction of sp³-hybridized carbons (Fsp3) is 0.167. The molecule has 4 aromatic rings. The average Bonchev–Trinajstić information content (AvgIpc) is 2.95. The predicted molar refractivity (Wildman–Crippen MR) is 150 cm³/mol. The van der Waals surface area contributed by atoms with E-state index in [-0.39, 0.29) is 5.91 Å². The second kappa shape index (κ2) is 16.1. The van der Waals surface area contributed by atoms with Crippen molar-refractivity contribution in [3.8, 4) is 0 Å². The number of benzene rings is 4. The largest absolute Gasteiger partial charge is 0.290 e. The molecular weight excluding hydrogens is 482 g/mol. The summed E-state index contributed by atoms with van der Waals surface area (Å²) in [6, 6.07) is 35.9. The molecule has 0 bridgehead atoms. The molecule has 4 N–H and O–H groups in total. The molecule has 37 heavy (non-hydrogen) atoms. The first-order valence-corrected chi connectivity index (χ1v) is 13.5. The van der Waals surface area contributed by atoms with E-state index in [1.807, 2.05) is 54.8 Å². The normalized spacial score (nSPS) is 10.2. The molecule has 194 valence electrons. The van der Waals surface area contributed by atoms with Gasteiger partial charge in [-0.15, -0.1) is 0 Å². The van der Waals surface area contributed by atoms with Gasteiger partial charge in [-0.1, -0.05) is 103 Å². The minimum absolute atomic E-state index is 0.263. The van der Waals surface area contributed by atoms with E-state index in [1.165, 1.54) is 5.56 Å². The lowest BCUT2D eigenvalue weighted by molar-refractivity contribution is 0.0953. The van der Waals surface area contributed by atoms with E-state index in [0.717, 1.165) is 17.5 Å². The van der Waals surface area contributed by atoms with Gasteiger partial charge in [-0.25, -0.2) is 19.0 Å². The molecule has 0 atom stereocenters. The minimum Gasteiger partial charge on any atom is -0.290 e. The van der Waals surface area contributed by atoms with E-state index in [4.69, 9.17) is 5.84 Å². The Balaban J connectivity index is 0.000000223. The van der Waals surface area contributed by atoms with Crippen molar-refractivity contribution in [2.45, 2.75) is 31.6 Å². The van der Waals surface area contributed by atoms with Crippen LogP contribution in [0.3, 0.4) is 0 Å². The highest BCUT2D eigenvalue weighted by atomic mass is 32.2. The number of aryl methyl sites for hydroxylation is 2. The maximum Gasteiger partial charge on any atom is 0.265 e. The molecule has 0 aliphatic heterocycles. The molecule has 0 radical (unpaired) electrons. The Morgan fingerprint density at radius 3 is 1.68 bits per heavy atom. The molecule has 0 aromatic heterocycles. The summed E-state index contributed by atoms with van der Waals surface area (Å²) < 4.78 is 26.7. The van der Waals surface area contributed by atoms with Gasteiger partial charge in [0, 0.05) is 12.1 Å². The van der Waals surface area contributed by atoms with Crippen LogP contribution in [0.1, 0.15) is 34.0 Å². The molecular formula is C30H35N3O3S. The highest BCUT2D eigenvalue weighted by Gasteiger charge is 2.12. The van der Waals surface area contributed by atoms with Gasteiger partial charge in [-0.2, -0.15) is 0 Å². The van der Waals surface area contributed by atoms with Crippen molar-refractivity contribution < 1.29 is 13.2 Å². The lowest BCUT2D eigenvalue weighted by Crippen LogP contribution is -2.29. The van der Waals surface area contributed by atoms with Crippen molar-refractivity contribution in [2.24, 2.45) is 5.84 Å². The van der Waals surface area contributed by atoms with E-state index in [9.17, 15) is 13.2 Å². The zero-order valence-corrected chi connectivity index (χ0v) is 22.1. The average molecular weight is 518 g/mol. The lowest BCUT2D eigenvalue weighted by Gasteiger charge is -2.07. The monoisotopic (exact) mass is 517 g/mol. The fourth-order valence-corrected chi connectivity index (χ4v) is 4.19. The second-order valence-corrected chi connectivity index (χ2v) is 9.89. The highest BCUT2D eigenvalue weighted by Crippen LogP contribution is 2.10. The molecule has 7 heteroatoms. The number of nitrogens with two attached hydrogens (primary N) is 1. The van der Waals surface area contributed by atoms with Gasteiger partial charge in [0.15, 0.2) is 0 Å². The Labute approximate surface area is 220 Å². The summed E-state index contributed by atoms with van der Waals surface area (Å²) in [6.45, 7) is 4.49. The minimum atomic E-state index is -3.40. The van der Waals surface area contributed by atoms with Crippen LogP contribution < -0.4 is 16.0 Å². The summed E-state index contributed by atoms with van der Waals surface area (Å²) in [5.74, 6) is 4.64. The summed E-state index contributed by atoms with van der Waals surface area (Å²) in [7, 11) is -3.40. The second-order valence-electron chi connectivity index (χ2n) is 8.13. The van der Waals surface area contributed by atoms with Crippen molar-refractivity contribution in [3.63, 3.8) is 0 Å². The maximum atomic E-state index is 12.0. The first-order chi connectivity index (χ1) is 17.9. The maximum absolute atomic E-state index is 12.0. The van der Waals surface area contributed by atoms with Crippen molar-refractivity contribution in [3.05, 3.63) is 138 Å². The number of sulfonamides is 1. The zero-order chi connectivity index (χ0) is 26.9. The van der Waals surface area contributed by atoms with Crippen molar-refractivity contribution in [2.75, 3.05) is 6.54 Å². The number of hydrazine groups is 1. The third-order valence-corrected chi connectivity index (χ3v) is 6.77. The van der Waals surface area contributed by atoms with Crippen molar-refractivity contribution in [1.29, 1.82) is 0 Å². The number of nitrogens with one attached hydrogen (secondary N) is 2. The third-order valence-electron chi connectivity index (χ3n) is 5.30. The zero-order valence-electron chi connectivity index (χ0n) is 21.3. The van der Waals surface area contributed by atoms with Crippen molar-refractivity contribution >= 4 is 15.9 Å². The molecule has 0 spiro atoms. The first-order valence-electron chi connectivity index (χ1n) is 12.1. The van der Waals surface area contributed by atoms with Gasteiger partial charge in [0.05, 0.1) is 4.90 Å². The van der Waals surface area contributed by atoms with Crippen LogP contribution in [0.15, 0.2) is 120 Å². The lowest BCUT2D eigenvalue weighted by atomic mass is 10.2. The standard InChI is InChI=1S/C15H17NO2S.C8H10.C7H8N2O/c1-13-7-9-15(10-8-13)19(17,18)16-12-11-14-5-3-2-4-6-14;1-2-8-6-4-3-5-7-8;8-9-7(10)6-4-2-1-3-5-6/h2-10,16H,11-12H2,1H3;3-7H,2H2,1H3;1-5H,8H2,(H,9,10). The van der Waals surface area contributed by atoms with Crippen LogP contribution in [-0.2, 0) is 22.9 Å². The molecule has 0 saturated carbocycles. The number of hydrogen-bond donors (Lipinski definition) is 3. The smallest absolute Gasteiger partial charge is 0.265 e. The molecule has 4 aromatic carbocycles. The van der Waals surface area contributed by atoms with E-state index >= 15 is 0 Å². The fourth-order valence-electron chi connectivity index (χ4n) is 3.16. The molecule has 0 heterocycles. The van der Waals surface area contributed by atoms with E-state index in [2.05, 4.69) is 35.9 Å². The first kappa shape index (κ1) is 29.5. The highest BCUT2D eigenvalue weighted by molar-refractivity contribution is 7.89. The van der Waals surface area contributed by atoms with Crippen LogP contribution in [0.5, 0.6) is 0 Å². The van der Waals surface area contributed by atoms with Crippen LogP contribution in [0.4, 0.5) is 0 Å². The molecule has 0 unspecified atom stereocenters. The summed E-state index contributed by atoms with van der Waals surface area (Å²) >= 11 is 0. The molecule has 0 fully saturated rings. The van der Waals surface area contributed by atoms with Crippen LogP contribution in [0, 0.1) is 6.92 Å². The number of carbonyl (C=O) groups is 1. The van der Waals surface area contributed by atoms with Crippen LogP contribution in [0.25, 0.3) is 0 Å². The van der Waals surface area contributed by atoms with Gasteiger partial charge in [-0.3, -0.25) is 10.2 Å². The summed E-state index contributed by atoms with van der Waals surface area (Å²) in [5.41, 5.74) is 6.19. The molecule has 0 aliphatic rings. The van der Waals surface area contributed by atoms with Crippen LogP contribution in [-0.4, -0.2) is 20.9 Å². The van der Waals surface area contributed by atoms with Gasteiger partial charge < -0.3 is 0 Å². The van der Waals surface area contributed by atoms with Gasteiger partial charge in [0.1, 0.15) is 0 Å². The van der Waals surface area contributed by atoms with E-state index < -0.39 is 10.0 Å². The topological polar surface area (TPSA) is 101 Å². The SMILES string of the molecule is CCc1ccccc1.Cc1ccc(S(=O)(=O)NCCc2ccccc2)cc1.NNC(=O)c1ccccc1. The number of rotatable bonds is 7. The quantitative estimate of drug-likeness (QED) is 0.181. The van der Waals surface area contributed by atoms with Gasteiger partial charge in [0.2, 0.25) is 10.0 Å². The molecule has 4 rings (SSSR count). The number of amides is 1. The Bertz CT molecular complexity index is 1280. The van der Waals surface area contributed by atoms with Crippen LogP contribution >= 0.6 is 0 Å². The van der Waals surface area contributed by atoms with Crippen molar-refractivity contribution in [1.82, 2.24) is 10.1 Å². The molecule has 0 saturated heterocycles. The number of hydrogen-bond acceptors (Lipinski definition) is 4.